The normalized spacial score (nSPS) is 21.7. The van der Waals surface area contributed by atoms with Crippen LogP contribution in [-0.2, 0) is 4.74 Å². The zero-order chi connectivity index (χ0) is 33.8. The fourth-order valence-corrected chi connectivity index (χ4v) is 6.85. The molecule has 0 radical (unpaired) electrons. The maximum Gasteiger partial charge on any atom is 0.351 e. The summed E-state index contributed by atoms with van der Waals surface area (Å²) in [6.45, 7) is 0.339. The van der Waals surface area contributed by atoms with Crippen LogP contribution in [0.4, 0.5) is 27.6 Å². The summed E-state index contributed by atoms with van der Waals surface area (Å²) in [6, 6.07) is 0.528. The average Bonchev–Trinajstić information content (AvgIpc) is 3.97. The third-order valence-corrected chi connectivity index (χ3v) is 9.59. The van der Waals surface area contributed by atoms with Crippen molar-refractivity contribution in [3.63, 3.8) is 0 Å². The van der Waals surface area contributed by atoms with Gasteiger partial charge in [0.15, 0.2) is 23.3 Å². The van der Waals surface area contributed by atoms with Crippen LogP contribution in [0.15, 0.2) is 58.4 Å². The molecule has 4 aliphatic rings. The van der Waals surface area contributed by atoms with Crippen molar-refractivity contribution in [1.29, 1.82) is 0 Å². The summed E-state index contributed by atoms with van der Waals surface area (Å²) in [5.41, 5.74) is 0.675. The molecule has 2 N–H and O–H groups in total. The number of allylic oxidation sites excluding steroid dienone is 2. The number of aromatic nitrogens is 2. The Balaban J connectivity index is 1.19. The van der Waals surface area contributed by atoms with Crippen molar-refractivity contribution < 1.29 is 36.3 Å². The van der Waals surface area contributed by atoms with Gasteiger partial charge < -0.3 is 24.5 Å². The molecular weight excluding hydrogens is 639 g/mol. The molecule has 9 nitrogen and oxygen atoms in total. The number of anilines is 1. The molecule has 8 rings (SSSR count). The minimum absolute atomic E-state index is 0.115. The number of ether oxygens (including phenoxy) is 1. The Hall–Kier alpha value is -5.11. The number of hydrogen-bond acceptors (Lipinski definition) is 7. The van der Waals surface area contributed by atoms with E-state index in [-0.39, 0.29) is 36.3 Å². The van der Waals surface area contributed by atoms with Crippen LogP contribution in [0.2, 0.25) is 0 Å². The molecule has 2 aromatic carbocycles. The lowest BCUT2D eigenvalue weighted by atomic mass is 9.85. The van der Waals surface area contributed by atoms with E-state index in [2.05, 4.69) is 0 Å². The third kappa shape index (κ3) is 4.53. The zero-order valence-corrected chi connectivity index (χ0v) is 24.9. The molecule has 0 spiro atoms. The molecule has 0 bridgehead atoms. The first kappa shape index (κ1) is 30.2. The van der Waals surface area contributed by atoms with E-state index in [4.69, 9.17) is 10.5 Å². The van der Waals surface area contributed by atoms with E-state index >= 15 is 8.78 Å². The Morgan fingerprint density at radius 3 is 1.85 bits per heavy atom. The highest BCUT2D eigenvalue weighted by Gasteiger charge is 2.43. The van der Waals surface area contributed by atoms with Crippen LogP contribution in [0, 0.1) is 35.0 Å². The van der Waals surface area contributed by atoms with Crippen molar-refractivity contribution in [2.45, 2.75) is 43.3 Å². The van der Waals surface area contributed by atoms with Gasteiger partial charge in [0.25, 0.3) is 0 Å². The number of benzene rings is 2. The average molecular weight is 665 g/mol. The molecule has 4 aromatic rings. The number of fused-ring (bicyclic) bond motifs is 3. The minimum atomic E-state index is -1.79. The molecule has 1 saturated heterocycles. The molecule has 3 aliphatic carbocycles. The van der Waals surface area contributed by atoms with E-state index in [1.165, 1.54) is 9.47 Å². The summed E-state index contributed by atoms with van der Waals surface area (Å²) in [5, 5.41) is -1.11. The molecule has 3 fully saturated rings. The zero-order valence-electron chi connectivity index (χ0n) is 24.9. The van der Waals surface area contributed by atoms with E-state index in [9.17, 15) is 32.3 Å². The van der Waals surface area contributed by atoms with E-state index < -0.39 is 90.9 Å². The molecule has 2 atom stereocenters. The van der Waals surface area contributed by atoms with Gasteiger partial charge in [-0.1, -0.05) is 24.3 Å². The van der Waals surface area contributed by atoms with Crippen LogP contribution in [0.5, 0.6) is 0 Å². The van der Waals surface area contributed by atoms with Crippen molar-refractivity contribution in [2.75, 3.05) is 18.0 Å². The van der Waals surface area contributed by atoms with Crippen molar-refractivity contribution in [3.8, 4) is 0 Å². The number of esters is 2. The number of nitrogens with zero attached hydrogens (tertiary/aromatic N) is 3. The van der Waals surface area contributed by atoms with Gasteiger partial charge in [-0.2, -0.15) is 0 Å². The lowest BCUT2D eigenvalue weighted by molar-refractivity contribution is 0.0395. The quantitative estimate of drug-likeness (QED) is 0.139. The minimum Gasteiger partial charge on any atom is -0.385 e. The van der Waals surface area contributed by atoms with Gasteiger partial charge in [0, 0.05) is 43.5 Å². The maximum absolute atomic E-state index is 16.3. The Kier molecular flexibility index (Phi) is 6.58. The fraction of sp³-hybridized carbons (Fsp3) is 0.294. The first-order valence-corrected chi connectivity index (χ1v) is 15.3. The molecule has 2 unspecified atom stereocenters. The van der Waals surface area contributed by atoms with Gasteiger partial charge in [-0.15, -0.1) is 0 Å². The number of carbonyl (C=O) groups excluding carboxylic acids is 2. The molecular formula is C34H25F5N4O5. The summed E-state index contributed by atoms with van der Waals surface area (Å²) < 4.78 is 82.3. The van der Waals surface area contributed by atoms with Crippen molar-refractivity contribution in [3.05, 3.63) is 109 Å². The van der Waals surface area contributed by atoms with Gasteiger partial charge in [0.05, 0.1) is 27.3 Å². The highest BCUT2D eigenvalue weighted by atomic mass is 19.2. The van der Waals surface area contributed by atoms with Gasteiger partial charge in [-0.05, 0) is 37.8 Å². The Morgan fingerprint density at radius 1 is 0.771 bits per heavy atom. The molecule has 14 heteroatoms. The van der Waals surface area contributed by atoms with Crippen LogP contribution in [0.1, 0.15) is 58.5 Å². The number of pyridine rings is 2. The van der Waals surface area contributed by atoms with Crippen LogP contribution < -0.4 is 21.5 Å². The number of halogens is 5. The Bertz CT molecular complexity index is 2320. The van der Waals surface area contributed by atoms with Gasteiger partial charge in [0.2, 0.25) is 10.9 Å². The van der Waals surface area contributed by atoms with Crippen LogP contribution in [-0.4, -0.2) is 39.7 Å². The smallest absolute Gasteiger partial charge is 0.351 e. The van der Waals surface area contributed by atoms with Crippen molar-refractivity contribution in [2.24, 2.45) is 11.7 Å². The van der Waals surface area contributed by atoms with Crippen LogP contribution in [0.3, 0.4) is 0 Å². The van der Waals surface area contributed by atoms with Gasteiger partial charge in [-0.25, -0.2) is 31.5 Å². The van der Waals surface area contributed by atoms with Gasteiger partial charge in [-0.3, -0.25) is 9.59 Å². The number of hydrogen-bond donors (Lipinski definition) is 1. The number of rotatable bonds is 5. The lowest BCUT2D eigenvalue weighted by Gasteiger charge is -2.27. The standard InChI is InChI=1S/C34H25F5N4O5/c35-22-9-18-27(25(38)24(22)37)42(16-4-5-16)12-20(30(18)44)32(46)48-33(47)21-13-43(17-6-7-17)28-19(31(21)45)10-23(36)29(26(28)39)41-11-15-3-1-2-8-34(15,40)14-41/h1-3,8-10,12-13,15-17H,4-7,11,14,40H2. The highest BCUT2D eigenvalue weighted by Crippen LogP contribution is 2.42. The molecule has 48 heavy (non-hydrogen) atoms. The van der Waals surface area contributed by atoms with E-state index in [0.29, 0.717) is 31.7 Å². The lowest BCUT2D eigenvalue weighted by Crippen LogP contribution is -2.46. The molecule has 246 valence electrons. The molecule has 2 aromatic heterocycles. The second-order valence-corrected chi connectivity index (χ2v) is 12.8. The van der Waals surface area contributed by atoms with E-state index in [1.54, 1.807) is 12.2 Å². The SMILES string of the molecule is NC12C=CC=CC1CN(c1c(F)cc3c(=O)c(C(=O)OC(=O)c4cn(C5CC5)c5c(F)c(F)c(F)cc5c4=O)cn(C4CC4)c3c1F)C2. The third-order valence-electron chi connectivity index (χ3n) is 9.59. The van der Waals surface area contributed by atoms with Crippen molar-refractivity contribution in [1.82, 2.24) is 9.13 Å². The first-order valence-electron chi connectivity index (χ1n) is 15.3. The molecule has 2 saturated carbocycles. The van der Waals surface area contributed by atoms with Crippen molar-refractivity contribution >= 4 is 39.4 Å². The fourth-order valence-electron chi connectivity index (χ4n) is 6.85. The van der Waals surface area contributed by atoms with Crippen LogP contribution >= 0.6 is 0 Å². The number of carbonyl (C=O) groups is 2. The highest BCUT2D eigenvalue weighted by molar-refractivity contribution is 6.05. The number of nitrogens with two attached hydrogens (primary N) is 1. The van der Waals surface area contributed by atoms with Gasteiger partial charge >= 0.3 is 11.9 Å². The maximum atomic E-state index is 16.3. The summed E-state index contributed by atoms with van der Waals surface area (Å²) >= 11 is 0. The summed E-state index contributed by atoms with van der Waals surface area (Å²) in [5.74, 6) is -10.4. The Morgan fingerprint density at radius 2 is 1.31 bits per heavy atom. The predicted octanol–water partition coefficient (Wildman–Crippen LogP) is 4.94. The molecule has 1 aliphatic heterocycles. The Labute approximate surface area is 267 Å². The van der Waals surface area contributed by atoms with Gasteiger partial charge in [0.1, 0.15) is 22.6 Å². The monoisotopic (exact) mass is 664 g/mol. The van der Waals surface area contributed by atoms with E-state index in [1.807, 2.05) is 12.2 Å². The summed E-state index contributed by atoms with van der Waals surface area (Å²) in [4.78, 5) is 54.7. The summed E-state index contributed by atoms with van der Waals surface area (Å²) in [6.07, 6.45) is 11.3. The predicted molar refractivity (Wildman–Crippen MR) is 163 cm³/mol. The molecule has 0 amide bonds. The largest absolute Gasteiger partial charge is 0.385 e. The first-order chi connectivity index (χ1) is 22.9. The molecule has 3 heterocycles. The second-order valence-electron chi connectivity index (χ2n) is 12.8. The second kappa shape index (κ2) is 10.4. The summed E-state index contributed by atoms with van der Waals surface area (Å²) in [7, 11) is 0. The van der Waals surface area contributed by atoms with E-state index in [0.717, 1.165) is 23.0 Å². The van der Waals surface area contributed by atoms with Crippen LogP contribution in [0.25, 0.3) is 21.8 Å². The topological polar surface area (TPSA) is 117 Å².